The minimum Gasteiger partial charge on any atom is -0.346 e. The predicted molar refractivity (Wildman–Crippen MR) is 44.3 cm³/mol. The fourth-order valence-electron chi connectivity index (χ4n) is 1.17. The maximum Gasteiger partial charge on any atom is 0.180 e. The molecule has 0 aromatic rings. The predicted octanol–water partition coefficient (Wildman–Crippen LogP) is 2.10. The number of hydrogen-bond acceptors (Lipinski definition) is 2. The van der Waals surface area contributed by atoms with Gasteiger partial charge in [-0.1, -0.05) is 13.0 Å². The van der Waals surface area contributed by atoms with E-state index in [0.29, 0.717) is 0 Å². The van der Waals surface area contributed by atoms with E-state index in [4.69, 9.17) is 9.47 Å². The van der Waals surface area contributed by atoms with Crippen molar-refractivity contribution in [3.63, 3.8) is 0 Å². The molecule has 1 aliphatic heterocycles. The SMILES string of the molecule is CC/C=C(/C)C1OCC(C)O1. The van der Waals surface area contributed by atoms with Crippen LogP contribution in [-0.4, -0.2) is 19.0 Å². The zero-order valence-corrected chi connectivity index (χ0v) is 7.46. The first-order valence-electron chi connectivity index (χ1n) is 4.17. The van der Waals surface area contributed by atoms with Gasteiger partial charge in [-0.2, -0.15) is 0 Å². The Morgan fingerprint density at radius 1 is 1.64 bits per heavy atom. The monoisotopic (exact) mass is 156 g/mol. The first kappa shape index (κ1) is 8.75. The van der Waals surface area contributed by atoms with Gasteiger partial charge in [-0.25, -0.2) is 0 Å². The molecule has 1 fully saturated rings. The van der Waals surface area contributed by atoms with Gasteiger partial charge in [0.15, 0.2) is 6.29 Å². The average Bonchev–Trinajstić information content (AvgIpc) is 2.36. The molecule has 2 unspecified atom stereocenters. The maximum atomic E-state index is 5.49. The molecule has 0 saturated carbocycles. The van der Waals surface area contributed by atoms with Crippen LogP contribution in [-0.2, 0) is 9.47 Å². The molecule has 0 N–H and O–H groups in total. The maximum absolute atomic E-state index is 5.49. The molecule has 0 spiro atoms. The van der Waals surface area contributed by atoms with Crippen LogP contribution in [0.15, 0.2) is 11.6 Å². The van der Waals surface area contributed by atoms with E-state index < -0.39 is 0 Å². The summed E-state index contributed by atoms with van der Waals surface area (Å²) < 4.78 is 10.9. The molecule has 2 nitrogen and oxygen atoms in total. The van der Waals surface area contributed by atoms with Crippen molar-refractivity contribution in [2.24, 2.45) is 0 Å². The van der Waals surface area contributed by atoms with Crippen LogP contribution < -0.4 is 0 Å². The lowest BCUT2D eigenvalue weighted by molar-refractivity contribution is -0.0252. The third-order valence-electron chi connectivity index (χ3n) is 1.74. The number of allylic oxidation sites excluding steroid dienone is 1. The van der Waals surface area contributed by atoms with Gasteiger partial charge in [0, 0.05) is 0 Å². The molecule has 0 bridgehead atoms. The van der Waals surface area contributed by atoms with Gasteiger partial charge < -0.3 is 9.47 Å². The summed E-state index contributed by atoms with van der Waals surface area (Å²) in [5.74, 6) is 0. The molecule has 0 aromatic carbocycles. The van der Waals surface area contributed by atoms with E-state index in [1.165, 1.54) is 5.57 Å². The Balaban J connectivity index is 2.43. The quantitative estimate of drug-likeness (QED) is 0.570. The van der Waals surface area contributed by atoms with Crippen molar-refractivity contribution in [2.75, 3.05) is 6.61 Å². The summed E-state index contributed by atoms with van der Waals surface area (Å²) in [6.45, 7) is 6.91. The van der Waals surface area contributed by atoms with Gasteiger partial charge in [0.05, 0.1) is 12.7 Å². The van der Waals surface area contributed by atoms with Gasteiger partial charge in [-0.3, -0.25) is 0 Å². The van der Waals surface area contributed by atoms with Crippen LogP contribution in [0, 0.1) is 0 Å². The second-order valence-electron chi connectivity index (χ2n) is 2.97. The third-order valence-corrected chi connectivity index (χ3v) is 1.74. The molecular formula is C9H16O2. The summed E-state index contributed by atoms with van der Waals surface area (Å²) in [7, 11) is 0. The Kier molecular flexibility index (Phi) is 3.09. The Hall–Kier alpha value is -0.340. The van der Waals surface area contributed by atoms with E-state index >= 15 is 0 Å². The molecule has 64 valence electrons. The Labute approximate surface area is 68.2 Å². The normalized spacial score (nSPS) is 32.8. The molecular weight excluding hydrogens is 140 g/mol. The van der Waals surface area contributed by atoms with Crippen molar-refractivity contribution in [1.82, 2.24) is 0 Å². The fourth-order valence-corrected chi connectivity index (χ4v) is 1.17. The minimum atomic E-state index is -0.0788. The lowest BCUT2D eigenvalue weighted by Gasteiger charge is -2.09. The van der Waals surface area contributed by atoms with E-state index in [1.807, 2.05) is 13.8 Å². The second kappa shape index (κ2) is 3.88. The van der Waals surface area contributed by atoms with Crippen molar-refractivity contribution in [3.8, 4) is 0 Å². The summed E-state index contributed by atoms with van der Waals surface area (Å²) in [6.07, 6.45) is 3.36. The average molecular weight is 156 g/mol. The summed E-state index contributed by atoms with van der Waals surface area (Å²) in [5.41, 5.74) is 1.19. The van der Waals surface area contributed by atoms with Crippen LogP contribution in [0.25, 0.3) is 0 Å². The zero-order chi connectivity index (χ0) is 8.27. The first-order valence-corrected chi connectivity index (χ1v) is 4.17. The first-order chi connectivity index (χ1) is 5.24. The van der Waals surface area contributed by atoms with Gasteiger partial charge in [0.1, 0.15) is 0 Å². The van der Waals surface area contributed by atoms with E-state index in [2.05, 4.69) is 13.0 Å². The Morgan fingerprint density at radius 3 is 2.82 bits per heavy atom. The highest BCUT2D eigenvalue weighted by Gasteiger charge is 2.22. The summed E-state index contributed by atoms with van der Waals surface area (Å²) >= 11 is 0. The van der Waals surface area contributed by atoms with Crippen molar-refractivity contribution >= 4 is 0 Å². The van der Waals surface area contributed by atoms with Gasteiger partial charge in [0.25, 0.3) is 0 Å². The molecule has 0 aliphatic carbocycles. The van der Waals surface area contributed by atoms with Crippen LogP contribution in [0.4, 0.5) is 0 Å². The molecule has 0 radical (unpaired) electrons. The van der Waals surface area contributed by atoms with Crippen LogP contribution in [0.5, 0.6) is 0 Å². The molecule has 11 heavy (non-hydrogen) atoms. The second-order valence-corrected chi connectivity index (χ2v) is 2.97. The van der Waals surface area contributed by atoms with Crippen LogP contribution in [0.3, 0.4) is 0 Å². The van der Waals surface area contributed by atoms with Gasteiger partial charge >= 0.3 is 0 Å². The van der Waals surface area contributed by atoms with E-state index in [0.717, 1.165) is 13.0 Å². The van der Waals surface area contributed by atoms with Crippen LogP contribution >= 0.6 is 0 Å². The topological polar surface area (TPSA) is 18.5 Å². The largest absolute Gasteiger partial charge is 0.346 e. The lowest BCUT2D eigenvalue weighted by Crippen LogP contribution is -2.10. The third kappa shape index (κ3) is 2.31. The highest BCUT2D eigenvalue weighted by atomic mass is 16.7. The molecule has 2 atom stereocenters. The van der Waals surface area contributed by atoms with Crippen molar-refractivity contribution in [1.29, 1.82) is 0 Å². The number of rotatable bonds is 2. The van der Waals surface area contributed by atoms with E-state index in [9.17, 15) is 0 Å². The van der Waals surface area contributed by atoms with Gasteiger partial charge in [-0.05, 0) is 25.8 Å². The van der Waals surface area contributed by atoms with E-state index in [1.54, 1.807) is 0 Å². The highest BCUT2D eigenvalue weighted by molar-refractivity contribution is 5.02. The Morgan fingerprint density at radius 2 is 2.36 bits per heavy atom. The summed E-state index contributed by atoms with van der Waals surface area (Å²) in [4.78, 5) is 0. The molecule has 1 heterocycles. The smallest absolute Gasteiger partial charge is 0.180 e. The van der Waals surface area contributed by atoms with Crippen molar-refractivity contribution in [2.45, 2.75) is 39.6 Å². The van der Waals surface area contributed by atoms with Crippen LogP contribution in [0.1, 0.15) is 27.2 Å². The number of ether oxygens (including phenoxy) is 2. The molecule has 0 aromatic heterocycles. The molecule has 1 aliphatic rings. The van der Waals surface area contributed by atoms with E-state index in [-0.39, 0.29) is 12.4 Å². The van der Waals surface area contributed by atoms with Gasteiger partial charge in [-0.15, -0.1) is 0 Å². The molecule has 1 rings (SSSR count). The van der Waals surface area contributed by atoms with Gasteiger partial charge in [0.2, 0.25) is 0 Å². The lowest BCUT2D eigenvalue weighted by atomic mass is 10.2. The fraction of sp³-hybridized carbons (Fsp3) is 0.778. The van der Waals surface area contributed by atoms with Crippen molar-refractivity contribution in [3.05, 3.63) is 11.6 Å². The van der Waals surface area contributed by atoms with Crippen molar-refractivity contribution < 1.29 is 9.47 Å². The standard InChI is InChI=1S/C9H16O2/c1-4-5-7(2)9-10-6-8(3)11-9/h5,8-9H,4,6H2,1-3H3/b7-5-. The Bertz CT molecular complexity index is 152. The minimum absolute atomic E-state index is 0.0788. The zero-order valence-electron chi connectivity index (χ0n) is 7.46. The molecule has 1 saturated heterocycles. The summed E-state index contributed by atoms with van der Waals surface area (Å²) in [5, 5.41) is 0. The highest BCUT2D eigenvalue weighted by Crippen LogP contribution is 2.17. The molecule has 0 amide bonds. The van der Waals surface area contributed by atoms with Crippen LogP contribution in [0.2, 0.25) is 0 Å². The molecule has 2 heteroatoms. The number of hydrogen-bond donors (Lipinski definition) is 0. The summed E-state index contributed by atoms with van der Waals surface area (Å²) in [6, 6.07) is 0.